The predicted octanol–water partition coefficient (Wildman–Crippen LogP) is 0.243. The van der Waals surface area contributed by atoms with Gasteiger partial charge in [0.15, 0.2) is 0 Å². The molecule has 1 aromatic rings. The van der Waals surface area contributed by atoms with Crippen molar-refractivity contribution in [3.8, 4) is 0 Å². The first-order valence-electron chi connectivity index (χ1n) is 5.16. The molecular weight excluding hydrogens is 206 g/mol. The summed E-state index contributed by atoms with van der Waals surface area (Å²) in [6.45, 7) is 4.94. The van der Waals surface area contributed by atoms with Crippen molar-refractivity contribution in [3.63, 3.8) is 0 Å². The van der Waals surface area contributed by atoms with Crippen LogP contribution >= 0.6 is 0 Å². The summed E-state index contributed by atoms with van der Waals surface area (Å²) in [5.74, 6) is 1.27. The molecule has 1 amide bonds. The zero-order chi connectivity index (χ0) is 12.0. The van der Waals surface area contributed by atoms with Gasteiger partial charge in [0.05, 0.1) is 18.9 Å². The van der Waals surface area contributed by atoms with Gasteiger partial charge in [0.25, 0.3) is 0 Å². The Kier molecular flexibility index (Phi) is 4.50. The second kappa shape index (κ2) is 5.89. The Hall–Kier alpha value is -1.85. The number of aromatic nitrogens is 2. The predicted molar refractivity (Wildman–Crippen MR) is 62.8 cm³/mol. The molecule has 0 saturated carbocycles. The number of hydrogen-bond acceptors (Lipinski definition) is 5. The Morgan fingerprint density at radius 1 is 1.44 bits per heavy atom. The maximum absolute atomic E-state index is 11.3. The average Bonchev–Trinajstić information content (AvgIpc) is 2.25. The number of nitrogens with one attached hydrogen (secondary N) is 2. The topological polar surface area (TPSA) is 92.9 Å². The number of nitrogens with zero attached hydrogens (tertiary/aromatic N) is 2. The van der Waals surface area contributed by atoms with Crippen LogP contribution in [0.2, 0.25) is 0 Å². The van der Waals surface area contributed by atoms with Gasteiger partial charge in [-0.3, -0.25) is 4.79 Å². The molecule has 88 valence electrons. The van der Waals surface area contributed by atoms with E-state index in [0.717, 1.165) is 0 Å². The first-order valence-corrected chi connectivity index (χ1v) is 5.16. The van der Waals surface area contributed by atoms with Gasteiger partial charge < -0.3 is 16.4 Å². The van der Waals surface area contributed by atoms with Gasteiger partial charge in [-0.2, -0.15) is 0 Å². The van der Waals surface area contributed by atoms with Gasteiger partial charge in [-0.1, -0.05) is 13.8 Å². The lowest BCUT2D eigenvalue weighted by Crippen LogP contribution is -2.32. The SMILES string of the molecule is CC(C)CNC(=O)CNc1cnc(N)cn1. The number of rotatable bonds is 5. The molecular formula is C10H17N5O. The molecule has 0 spiro atoms. The Morgan fingerprint density at radius 3 is 2.75 bits per heavy atom. The van der Waals surface area contributed by atoms with E-state index in [-0.39, 0.29) is 12.5 Å². The summed E-state index contributed by atoms with van der Waals surface area (Å²) >= 11 is 0. The minimum atomic E-state index is -0.0627. The average molecular weight is 223 g/mol. The molecule has 0 aliphatic rings. The zero-order valence-electron chi connectivity index (χ0n) is 9.53. The number of hydrogen-bond donors (Lipinski definition) is 3. The number of anilines is 2. The lowest BCUT2D eigenvalue weighted by Gasteiger charge is -2.08. The molecule has 0 saturated heterocycles. The highest BCUT2D eigenvalue weighted by Crippen LogP contribution is 2.00. The molecule has 6 nitrogen and oxygen atoms in total. The van der Waals surface area contributed by atoms with Crippen molar-refractivity contribution in [2.45, 2.75) is 13.8 Å². The highest BCUT2D eigenvalue weighted by molar-refractivity contribution is 5.80. The van der Waals surface area contributed by atoms with Crippen molar-refractivity contribution >= 4 is 17.5 Å². The van der Waals surface area contributed by atoms with Crippen LogP contribution in [0.25, 0.3) is 0 Å². The van der Waals surface area contributed by atoms with E-state index >= 15 is 0 Å². The Balaban J connectivity index is 2.29. The van der Waals surface area contributed by atoms with E-state index in [1.165, 1.54) is 12.4 Å². The fourth-order valence-electron chi connectivity index (χ4n) is 0.981. The summed E-state index contributed by atoms with van der Waals surface area (Å²) in [7, 11) is 0. The molecule has 1 heterocycles. The molecule has 0 radical (unpaired) electrons. The fourth-order valence-corrected chi connectivity index (χ4v) is 0.981. The van der Waals surface area contributed by atoms with Crippen molar-refractivity contribution in [2.75, 3.05) is 24.1 Å². The van der Waals surface area contributed by atoms with Crippen LogP contribution < -0.4 is 16.4 Å². The van der Waals surface area contributed by atoms with Gasteiger partial charge in [0.2, 0.25) is 5.91 Å². The largest absolute Gasteiger partial charge is 0.382 e. The third kappa shape index (κ3) is 4.59. The van der Waals surface area contributed by atoms with Crippen LogP contribution in [0.4, 0.5) is 11.6 Å². The Morgan fingerprint density at radius 2 is 2.19 bits per heavy atom. The summed E-state index contributed by atoms with van der Waals surface area (Å²) in [6, 6.07) is 0. The molecule has 0 bridgehead atoms. The number of nitrogen functional groups attached to an aromatic ring is 1. The van der Waals surface area contributed by atoms with Gasteiger partial charge >= 0.3 is 0 Å². The standard InChI is InChI=1S/C10H17N5O/c1-7(2)3-15-10(16)6-14-9-5-12-8(11)4-13-9/h4-5,7H,3,6H2,1-2H3,(H2,11,12)(H,13,14)(H,15,16). The van der Waals surface area contributed by atoms with Crippen LogP contribution in [0.15, 0.2) is 12.4 Å². The van der Waals surface area contributed by atoms with E-state index in [9.17, 15) is 4.79 Å². The van der Waals surface area contributed by atoms with Crippen molar-refractivity contribution in [3.05, 3.63) is 12.4 Å². The summed E-state index contributed by atoms with van der Waals surface area (Å²) in [5.41, 5.74) is 5.38. The monoisotopic (exact) mass is 223 g/mol. The van der Waals surface area contributed by atoms with E-state index in [1.54, 1.807) is 0 Å². The molecule has 6 heteroatoms. The van der Waals surface area contributed by atoms with E-state index in [2.05, 4.69) is 20.6 Å². The number of amides is 1. The Labute approximate surface area is 94.7 Å². The van der Waals surface area contributed by atoms with E-state index in [0.29, 0.717) is 24.1 Å². The molecule has 4 N–H and O–H groups in total. The molecule has 1 aromatic heterocycles. The lowest BCUT2D eigenvalue weighted by molar-refractivity contribution is -0.119. The van der Waals surface area contributed by atoms with Crippen molar-refractivity contribution in [1.82, 2.24) is 15.3 Å². The van der Waals surface area contributed by atoms with E-state index in [1.807, 2.05) is 13.8 Å². The van der Waals surface area contributed by atoms with Crippen LogP contribution in [-0.4, -0.2) is 29.0 Å². The summed E-state index contributed by atoms with van der Waals surface area (Å²) in [5, 5.41) is 5.64. The highest BCUT2D eigenvalue weighted by Gasteiger charge is 2.02. The van der Waals surface area contributed by atoms with Gasteiger partial charge in [-0.15, -0.1) is 0 Å². The summed E-state index contributed by atoms with van der Waals surface area (Å²) < 4.78 is 0. The molecule has 0 aliphatic carbocycles. The highest BCUT2D eigenvalue weighted by atomic mass is 16.1. The quantitative estimate of drug-likeness (QED) is 0.665. The minimum Gasteiger partial charge on any atom is -0.382 e. The van der Waals surface area contributed by atoms with Crippen LogP contribution in [0.1, 0.15) is 13.8 Å². The van der Waals surface area contributed by atoms with Gasteiger partial charge in [0.1, 0.15) is 11.6 Å². The summed E-state index contributed by atoms with van der Waals surface area (Å²) in [4.78, 5) is 19.2. The minimum absolute atomic E-state index is 0.0627. The molecule has 0 fully saturated rings. The lowest BCUT2D eigenvalue weighted by atomic mass is 10.2. The van der Waals surface area contributed by atoms with Crippen LogP contribution in [-0.2, 0) is 4.79 Å². The molecule has 0 unspecified atom stereocenters. The fraction of sp³-hybridized carbons (Fsp3) is 0.500. The van der Waals surface area contributed by atoms with Gasteiger partial charge in [-0.25, -0.2) is 9.97 Å². The maximum Gasteiger partial charge on any atom is 0.239 e. The number of carbonyl (C=O) groups is 1. The van der Waals surface area contributed by atoms with Gasteiger partial charge in [-0.05, 0) is 5.92 Å². The van der Waals surface area contributed by atoms with Crippen LogP contribution in [0.3, 0.4) is 0 Å². The second-order valence-electron chi connectivity index (χ2n) is 3.88. The normalized spacial score (nSPS) is 10.2. The first kappa shape index (κ1) is 12.2. The molecule has 16 heavy (non-hydrogen) atoms. The van der Waals surface area contributed by atoms with Crippen molar-refractivity contribution in [2.24, 2.45) is 5.92 Å². The van der Waals surface area contributed by atoms with Crippen molar-refractivity contribution < 1.29 is 4.79 Å². The molecule has 1 rings (SSSR count). The molecule has 0 atom stereocenters. The Bertz CT molecular complexity index is 336. The molecule has 0 aliphatic heterocycles. The third-order valence-corrected chi connectivity index (χ3v) is 1.81. The second-order valence-corrected chi connectivity index (χ2v) is 3.88. The third-order valence-electron chi connectivity index (χ3n) is 1.81. The first-order chi connectivity index (χ1) is 7.58. The molecule has 0 aromatic carbocycles. The number of nitrogens with two attached hydrogens (primary N) is 1. The number of carbonyl (C=O) groups excluding carboxylic acids is 1. The van der Waals surface area contributed by atoms with Crippen molar-refractivity contribution in [1.29, 1.82) is 0 Å². The van der Waals surface area contributed by atoms with E-state index < -0.39 is 0 Å². The van der Waals surface area contributed by atoms with Crippen LogP contribution in [0.5, 0.6) is 0 Å². The van der Waals surface area contributed by atoms with E-state index in [4.69, 9.17) is 5.73 Å². The summed E-state index contributed by atoms with van der Waals surface area (Å²) in [6.07, 6.45) is 2.93. The van der Waals surface area contributed by atoms with Crippen LogP contribution in [0, 0.1) is 5.92 Å². The zero-order valence-corrected chi connectivity index (χ0v) is 9.53. The maximum atomic E-state index is 11.3. The smallest absolute Gasteiger partial charge is 0.239 e. The van der Waals surface area contributed by atoms with Gasteiger partial charge in [0, 0.05) is 6.54 Å².